The van der Waals surface area contributed by atoms with Crippen LogP contribution in [-0.2, 0) is 6.54 Å². The average Bonchev–Trinajstić information content (AvgIpc) is 2.59. The summed E-state index contributed by atoms with van der Waals surface area (Å²) in [5.41, 5.74) is 1.39. The highest BCUT2D eigenvalue weighted by Gasteiger charge is 2.01. The van der Waals surface area contributed by atoms with Crippen molar-refractivity contribution < 1.29 is 0 Å². The van der Waals surface area contributed by atoms with Crippen LogP contribution in [0.4, 0.5) is 0 Å². The van der Waals surface area contributed by atoms with E-state index in [1.165, 1.54) is 82.6 Å². The molecule has 0 saturated heterocycles. The minimum Gasteiger partial charge on any atom is -0.310 e. The van der Waals surface area contributed by atoms with Crippen LogP contribution < -0.4 is 5.32 Å². The number of nitrogens with one attached hydrogen (secondary N) is 1. The quantitative estimate of drug-likeness (QED) is 0.348. The predicted molar refractivity (Wildman–Crippen MR) is 104 cm³/mol. The summed E-state index contributed by atoms with van der Waals surface area (Å²) in [6, 6.07) is 11.3. The Bertz CT molecular complexity index is 346. The van der Waals surface area contributed by atoms with Crippen molar-refractivity contribution in [2.24, 2.45) is 0 Å². The summed E-state index contributed by atoms with van der Waals surface area (Å²) in [6.07, 6.45) is 17.0. The zero-order valence-corrected chi connectivity index (χ0v) is 15.7. The molecule has 1 N–H and O–H groups in total. The number of rotatable bonds is 15. The smallest absolute Gasteiger partial charge is 0.0207 e. The van der Waals surface area contributed by atoms with Crippen LogP contribution in [0.2, 0.25) is 0 Å². The summed E-state index contributed by atoms with van der Waals surface area (Å²) in [5, 5.41) is 3.63. The molecule has 0 amide bonds. The Morgan fingerprint density at radius 2 is 1.26 bits per heavy atom. The second kappa shape index (κ2) is 14.8. The van der Waals surface area contributed by atoms with E-state index in [9.17, 15) is 0 Å². The molecule has 0 fully saturated rings. The van der Waals surface area contributed by atoms with Gasteiger partial charge in [0.15, 0.2) is 0 Å². The zero-order valence-electron chi connectivity index (χ0n) is 15.7. The van der Waals surface area contributed by atoms with Gasteiger partial charge in [0, 0.05) is 12.6 Å². The van der Waals surface area contributed by atoms with Gasteiger partial charge in [-0.1, -0.05) is 108 Å². The zero-order chi connectivity index (χ0) is 16.6. The van der Waals surface area contributed by atoms with Gasteiger partial charge in [-0.25, -0.2) is 0 Å². The molecule has 1 aromatic carbocycles. The molecular formula is C22H39N. The first-order valence-corrected chi connectivity index (χ1v) is 10.1. The van der Waals surface area contributed by atoms with Crippen LogP contribution >= 0.6 is 0 Å². The second-order valence-corrected chi connectivity index (χ2v) is 7.09. The molecule has 23 heavy (non-hydrogen) atoms. The van der Waals surface area contributed by atoms with E-state index in [0.29, 0.717) is 6.04 Å². The molecule has 1 heteroatoms. The molecule has 0 aliphatic carbocycles. The van der Waals surface area contributed by atoms with Gasteiger partial charge < -0.3 is 5.32 Å². The van der Waals surface area contributed by atoms with Crippen LogP contribution in [0.15, 0.2) is 30.3 Å². The third-order valence-corrected chi connectivity index (χ3v) is 4.74. The predicted octanol–water partition coefficient (Wildman–Crippen LogP) is 6.87. The topological polar surface area (TPSA) is 12.0 Å². The van der Waals surface area contributed by atoms with Crippen LogP contribution in [0.3, 0.4) is 0 Å². The van der Waals surface area contributed by atoms with E-state index in [0.717, 1.165) is 6.54 Å². The highest BCUT2D eigenvalue weighted by Crippen LogP contribution is 2.12. The molecule has 1 rings (SSSR count). The van der Waals surface area contributed by atoms with Crippen molar-refractivity contribution in [3.63, 3.8) is 0 Å². The first-order chi connectivity index (χ1) is 11.3. The van der Waals surface area contributed by atoms with Gasteiger partial charge in [-0.05, 0) is 18.9 Å². The maximum absolute atomic E-state index is 3.63. The average molecular weight is 318 g/mol. The molecule has 0 saturated carbocycles. The Kier molecular flexibility index (Phi) is 13.0. The van der Waals surface area contributed by atoms with Crippen molar-refractivity contribution in [1.29, 1.82) is 0 Å². The van der Waals surface area contributed by atoms with Crippen LogP contribution in [-0.4, -0.2) is 6.04 Å². The van der Waals surface area contributed by atoms with Gasteiger partial charge in [0.25, 0.3) is 0 Å². The second-order valence-electron chi connectivity index (χ2n) is 7.09. The van der Waals surface area contributed by atoms with E-state index in [1.54, 1.807) is 0 Å². The van der Waals surface area contributed by atoms with Crippen molar-refractivity contribution in [3.8, 4) is 0 Å². The number of hydrogen-bond acceptors (Lipinski definition) is 1. The lowest BCUT2D eigenvalue weighted by Gasteiger charge is -2.13. The van der Waals surface area contributed by atoms with Gasteiger partial charge in [-0.3, -0.25) is 0 Å². The maximum Gasteiger partial charge on any atom is 0.0207 e. The van der Waals surface area contributed by atoms with E-state index in [4.69, 9.17) is 0 Å². The van der Waals surface area contributed by atoms with Crippen molar-refractivity contribution in [2.75, 3.05) is 0 Å². The largest absolute Gasteiger partial charge is 0.310 e. The SMILES string of the molecule is CCCCCCCCCCCCCC(C)NCc1ccccc1. The van der Waals surface area contributed by atoms with Gasteiger partial charge >= 0.3 is 0 Å². The van der Waals surface area contributed by atoms with Crippen LogP contribution in [0, 0.1) is 0 Å². The van der Waals surface area contributed by atoms with Crippen molar-refractivity contribution in [3.05, 3.63) is 35.9 Å². The molecule has 1 unspecified atom stereocenters. The minimum absolute atomic E-state index is 0.633. The molecule has 132 valence electrons. The summed E-state index contributed by atoms with van der Waals surface area (Å²) in [5.74, 6) is 0. The normalized spacial score (nSPS) is 12.4. The Morgan fingerprint density at radius 1 is 0.739 bits per heavy atom. The van der Waals surface area contributed by atoms with Gasteiger partial charge in [0.1, 0.15) is 0 Å². The van der Waals surface area contributed by atoms with E-state index < -0.39 is 0 Å². The Balaban J connectivity index is 1.83. The van der Waals surface area contributed by atoms with E-state index in [1.807, 2.05) is 0 Å². The fourth-order valence-corrected chi connectivity index (χ4v) is 3.10. The molecule has 1 aromatic rings. The standard InChI is InChI=1S/C22H39N/c1-3-4-5-6-7-8-9-10-11-12-14-17-21(2)23-20-22-18-15-13-16-19-22/h13,15-16,18-19,21,23H,3-12,14,17,20H2,1-2H3. The molecular weight excluding hydrogens is 278 g/mol. The molecule has 0 bridgehead atoms. The maximum atomic E-state index is 3.63. The molecule has 0 spiro atoms. The minimum atomic E-state index is 0.633. The highest BCUT2D eigenvalue weighted by atomic mass is 14.9. The van der Waals surface area contributed by atoms with Crippen molar-refractivity contribution >= 4 is 0 Å². The van der Waals surface area contributed by atoms with Crippen LogP contribution in [0.5, 0.6) is 0 Å². The number of unbranched alkanes of at least 4 members (excludes halogenated alkanes) is 10. The van der Waals surface area contributed by atoms with Crippen LogP contribution in [0.25, 0.3) is 0 Å². The highest BCUT2D eigenvalue weighted by molar-refractivity contribution is 5.14. The first kappa shape index (κ1) is 20.2. The monoisotopic (exact) mass is 317 g/mol. The Morgan fingerprint density at radius 3 is 1.83 bits per heavy atom. The molecule has 1 atom stereocenters. The lowest BCUT2D eigenvalue weighted by Crippen LogP contribution is -2.25. The van der Waals surface area contributed by atoms with Crippen molar-refractivity contribution in [1.82, 2.24) is 5.32 Å². The van der Waals surface area contributed by atoms with Gasteiger partial charge in [-0.15, -0.1) is 0 Å². The van der Waals surface area contributed by atoms with Crippen LogP contribution in [0.1, 0.15) is 96.5 Å². The first-order valence-electron chi connectivity index (χ1n) is 10.1. The molecule has 0 heterocycles. The van der Waals surface area contributed by atoms with E-state index >= 15 is 0 Å². The van der Waals surface area contributed by atoms with Gasteiger partial charge in [0.05, 0.1) is 0 Å². The Labute approximate surface area is 145 Å². The van der Waals surface area contributed by atoms with Gasteiger partial charge in [0.2, 0.25) is 0 Å². The van der Waals surface area contributed by atoms with E-state index in [-0.39, 0.29) is 0 Å². The molecule has 1 nitrogen and oxygen atoms in total. The molecule has 0 aliphatic heterocycles. The fraction of sp³-hybridized carbons (Fsp3) is 0.727. The molecule has 0 aromatic heterocycles. The third-order valence-electron chi connectivity index (χ3n) is 4.74. The lowest BCUT2D eigenvalue weighted by molar-refractivity contribution is 0.475. The Hall–Kier alpha value is -0.820. The van der Waals surface area contributed by atoms with Gasteiger partial charge in [-0.2, -0.15) is 0 Å². The summed E-state index contributed by atoms with van der Waals surface area (Å²) in [7, 11) is 0. The molecule has 0 aliphatic rings. The molecule has 0 radical (unpaired) electrons. The fourth-order valence-electron chi connectivity index (χ4n) is 3.10. The number of benzene rings is 1. The lowest BCUT2D eigenvalue weighted by atomic mass is 10.0. The summed E-state index contributed by atoms with van der Waals surface area (Å²) in [6.45, 7) is 5.61. The summed E-state index contributed by atoms with van der Waals surface area (Å²) < 4.78 is 0. The summed E-state index contributed by atoms with van der Waals surface area (Å²) in [4.78, 5) is 0. The summed E-state index contributed by atoms with van der Waals surface area (Å²) >= 11 is 0. The van der Waals surface area contributed by atoms with E-state index in [2.05, 4.69) is 49.5 Å². The number of hydrogen-bond donors (Lipinski definition) is 1. The van der Waals surface area contributed by atoms with Crippen molar-refractivity contribution in [2.45, 2.75) is 103 Å². The third kappa shape index (κ3) is 12.3.